The number of hydrogen-bond acceptors (Lipinski definition) is 2. The van der Waals surface area contributed by atoms with Crippen LogP contribution in [0.5, 0.6) is 0 Å². The third kappa shape index (κ3) is 2.81. The van der Waals surface area contributed by atoms with Gasteiger partial charge >= 0.3 is 0 Å². The molecule has 0 unspecified atom stereocenters. The Bertz CT molecular complexity index is 660. The van der Waals surface area contributed by atoms with Crippen LogP contribution in [0.2, 0.25) is 5.02 Å². The second-order valence-electron chi connectivity index (χ2n) is 5.03. The Hall–Kier alpha value is -1.81. The first-order chi connectivity index (χ1) is 10.2. The number of halogens is 2. The molecule has 1 atom stereocenters. The van der Waals surface area contributed by atoms with E-state index in [1.54, 1.807) is 12.1 Å². The van der Waals surface area contributed by atoms with Gasteiger partial charge in [0.2, 0.25) is 5.90 Å². The van der Waals surface area contributed by atoms with Crippen molar-refractivity contribution in [3.63, 3.8) is 0 Å². The molecule has 2 aromatic rings. The Morgan fingerprint density at radius 2 is 2.24 bits per heavy atom. The molecule has 2 heterocycles. The van der Waals surface area contributed by atoms with Gasteiger partial charge in [-0.15, -0.1) is 0 Å². The molecule has 3 rings (SSSR count). The highest BCUT2D eigenvalue weighted by Crippen LogP contribution is 2.22. The summed E-state index contributed by atoms with van der Waals surface area (Å²) in [5.74, 6) is 0.321. The number of benzene rings is 1. The van der Waals surface area contributed by atoms with Crippen molar-refractivity contribution in [2.24, 2.45) is 4.99 Å². The smallest absolute Gasteiger partial charge is 0.233 e. The molecule has 0 radical (unpaired) electrons. The first-order valence-electron chi connectivity index (χ1n) is 6.98. The second kappa shape index (κ2) is 5.90. The molecular formula is C16H16ClFN2O. The van der Waals surface area contributed by atoms with E-state index in [4.69, 9.17) is 16.3 Å². The summed E-state index contributed by atoms with van der Waals surface area (Å²) in [4.78, 5) is 4.54. The molecule has 0 bridgehead atoms. The van der Waals surface area contributed by atoms with Crippen LogP contribution in [0.4, 0.5) is 4.39 Å². The fourth-order valence-electron chi connectivity index (χ4n) is 2.36. The second-order valence-corrected chi connectivity index (χ2v) is 5.44. The van der Waals surface area contributed by atoms with Gasteiger partial charge in [-0.1, -0.05) is 24.6 Å². The Balaban J connectivity index is 1.90. The summed E-state index contributed by atoms with van der Waals surface area (Å²) in [6, 6.07) is 8.75. The zero-order valence-corrected chi connectivity index (χ0v) is 12.5. The van der Waals surface area contributed by atoms with Crippen LogP contribution in [-0.4, -0.2) is 23.1 Å². The fraction of sp³-hybridized carbons (Fsp3) is 0.312. The van der Waals surface area contributed by atoms with E-state index in [1.807, 2.05) is 22.9 Å². The molecule has 0 aliphatic carbocycles. The van der Waals surface area contributed by atoms with Gasteiger partial charge in [0.1, 0.15) is 18.1 Å². The van der Waals surface area contributed by atoms with Gasteiger partial charge in [-0.25, -0.2) is 9.38 Å². The monoisotopic (exact) mass is 306 g/mol. The molecular weight excluding hydrogens is 291 g/mol. The van der Waals surface area contributed by atoms with E-state index in [0.717, 1.165) is 12.1 Å². The summed E-state index contributed by atoms with van der Waals surface area (Å²) in [6.07, 6.45) is 2.83. The molecule has 0 saturated carbocycles. The first kappa shape index (κ1) is 14.1. The predicted octanol–water partition coefficient (Wildman–Crippen LogP) is 3.88. The zero-order chi connectivity index (χ0) is 14.8. The highest BCUT2D eigenvalue weighted by molar-refractivity contribution is 6.31. The van der Waals surface area contributed by atoms with E-state index in [-0.39, 0.29) is 11.9 Å². The van der Waals surface area contributed by atoms with E-state index in [9.17, 15) is 4.39 Å². The Morgan fingerprint density at radius 3 is 2.95 bits per heavy atom. The van der Waals surface area contributed by atoms with Crippen LogP contribution in [0, 0.1) is 5.82 Å². The topological polar surface area (TPSA) is 26.5 Å². The molecule has 3 nitrogen and oxygen atoms in total. The van der Waals surface area contributed by atoms with Gasteiger partial charge in [0.15, 0.2) is 0 Å². The highest BCUT2D eigenvalue weighted by Gasteiger charge is 2.21. The molecule has 5 heteroatoms. The van der Waals surface area contributed by atoms with Crippen molar-refractivity contribution in [3.05, 3.63) is 58.6 Å². The van der Waals surface area contributed by atoms with Crippen LogP contribution in [0.15, 0.2) is 41.5 Å². The normalized spacial score (nSPS) is 17.7. The number of rotatable bonds is 4. The van der Waals surface area contributed by atoms with Gasteiger partial charge in [0.25, 0.3) is 0 Å². The zero-order valence-electron chi connectivity index (χ0n) is 11.7. The van der Waals surface area contributed by atoms with E-state index in [1.165, 1.54) is 6.07 Å². The maximum atomic E-state index is 13.9. The molecule has 21 heavy (non-hydrogen) atoms. The van der Waals surface area contributed by atoms with Crippen molar-refractivity contribution in [2.45, 2.75) is 25.9 Å². The van der Waals surface area contributed by atoms with Crippen LogP contribution >= 0.6 is 11.6 Å². The van der Waals surface area contributed by atoms with Crippen LogP contribution in [0.3, 0.4) is 0 Å². The molecule has 1 aromatic carbocycles. The highest BCUT2D eigenvalue weighted by atomic mass is 35.5. The van der Waals surface area contributed by atoms with Gasteiger partial charge in [-0.2, -0.15) is 0 Å². The van der Waals surface area contributed by atoms with Gasteiger partial charge in [-0.05, 0) is 30.7 Å². The largest absolute Gasteiger partial charge is 0.474 e. The lowest BCUT2D eigenvalue weighted by Crippen LogP contribution is -2.11. The lowest BCUT2D eigenvalue weighted by atomic mass is 10.2. The number of hydrogen-bond donors (Lipinski definition) is 0. The molecule has 1 aliphatic heterocycles. The quantitative estimate of drug-likeness (QED) is 0.842. The molecule has 0 spiro atoms. The van der Waals surface area contributed by atoms with E-state index in [0.29, 0.717) is 29.6 Å². The first-order valence-corrected chi connectivity index (χ1v) is 7.36. The maximum absolute atomic E-state index is 13.9. The van der Waals surface area contributed by atoms with Gasteiger partial charge in [-0.3, -0.25) is 0 Å². The van der Waals surface area contributed by atoms with Crippen LogP contribution in [-0.2, 0) is 11.3 Å². The summed E-state index contributed by atoms with van der Waals surface area (Å²) in [6.45, 7) is 3.04. The Labute approximate surface area is 128 Å². The van der Waals surface area contributed by atoms with E-state index < -0.39 is 0 Å². The number of ether oxygens (including phenoxy) is 1. The minimum Gasteiger partial charge on any atom is -0.474 e. The van der Waals surface area contributed by atoms with Crippen molar-refractivity contribution in [2.75, 3.05) is 6.61 Å². The van der Waals surface area contributed by atoms with Crippen molar-refractivity contribution >= 4 is 17.5 Å². The average molecular weight is 307 g/mol. The summed E-state index contributed by atoms with van der Waals surface area (Å²) in [7, 11) is 0. The number of aromatic nitrogens is 1. The van der Waals surface area contributed by atoms with E-state index in [2.05, 4.69) is 11.9 Å². The summed E-state index contributed by atoms with van der Waals surface area (Å²) < 4.78 is 21.5. The summed E-state index contributed by atoms with van der Waals surface area (Å²) >= 11 is 6.09. The average Bonchev–Trinajstić information content (AvgIpc) is 3.11. The third-order valence-corrected chi connectivity index (χ3v) is 3.98. The maximum Gasteiger partial charge on any atom is 0.233 e. The fourth-order valence-corrected chi connectivity index (χ4v) is 2.59. The SMILES string of the molecule is CC[C@H]1COC(c2cccn2Cc2c(F)cccc2Cl)=N1. The van der Waals surface area contributed by atoms with Crippen molar-refractivity contribution in [1.29, 1.82) is 0 Å². The lowest BCUT2D eigenvalue weighted by Gasteiger charge is -2.11. The molecule has 0 fully saturated rings. The van der Waals surface area contributed by atoms with Gasteiger partial charge in [0.05, 0.1) is 12.6 Å². The van der Waals surface area contributed by atoms with E-state index >= 15 is 0 Å². The molecule has 0 N–H and O–H groups in total. The number of aliphatic imine (C=N–C) groups is 1. The third-order valence-electron chi connectivity index (χ3n) is 3.62. The summed E-state index contributed by atoms with van der Waals surface area (Å²) in [5, 5.41) is 0.426. The molecule has 0 saturated heterocycles. The molecule has 1 aliphatic rings. The minimum atomic E-state index is -0.303. The number of nitrogens with zero attached hydrogens (tertiary/aromatic N) is 2. The molecule has 0 amide bonds. The van der Waals surface area contributed by atoms with Gasteiger partial charge < -0.3 is 9.30 Å². The van der Waals surface area contributed by atoms with Crippen LogP contribution < -0.4 is 0 Å². The lowest BCUT2D eigenvalue weighted by molar-refractivity contribution is 0.313. The Kier molecular flexibility index (Phi) is 3.97. The van der Waals surface area contributed by atoms with Crippen molar-refractivity contribution < 1.29 is 9.13 Å². The Morgan fingerprint density at radius 1 is 1.38 bits per heavy atom. The van der Waals surface area contributed by atoms with Gasteiger partial charge in [0, 0.05) is 16.8 Å². The van der Waals surface area contributed by atoms with Crippen LogP contribution in [0.25, 0.3) is 0 Å². The van der Waals surface area contributed by atoms with Crippen molar-refractivity contribution in [3.8, 4) is 0 Å². The van der Waals surface area contributed by atoms with Crippen LogP contribution in [0.1, 0.15) is 24.6 Å². The standard InChI is InChI=1S/C16H16ClFN2O/c1-2-11-10-21-16(19-11)15-7-4-8-20(15)9-12-13(17)5-3-6-14(12)18/h3-8,11H,2,9-10H2,1H3/t11-/m0/s1. The minimum absolute atomic E-state index is 0.209. The predicted molar refractivity (Wildman–Crippen MR) is 81.5 cm³/mol. The summed E-state index contributed by atoms with van der Waals surface area (Å²) in [5.41, 5.74) is 1.33. The molecule has 110 valence electrons. The molecule has 1 aromatic heterocycles. The van der Waals surface area contributed by atoms with Crippen molar-refractivity contribution in [1.82, 2.24) is 4.57 Å².